The maximum Gasteiger partial charge on any atom is 0.138 e. The van der Waals surface area contributed by atoms with Crippen LogP contribution < -0.4 is 5.32 Å². The molecule has 2 heteroatoms. The van der Waals surface area contributed by atoms with E-state index in [-0.39, 0.29) is 0 Å². The first kappa shape index (κ1) is 9.08. The highest BCUT2D eigenvalue weighted by molar-refractivity contribution is 5.65. The zero-order valence-electron chi connectivity index (χ0n) is 9.03. The van der Waals surface area contributed by atoms with Gasteiger partial charge in [-0.1, -0.05) is 18.6 Å². The van der Waals surface area contributed by atoms with E-state index in [1.807, 2.05) is 6.07 Å². The second-order valence-electron chi connectivity index (χ2n) is 4.88. The molecule has 0 aromatic heterocycles. The molecule has 15 heavy (non-hydrogen) atoms. The Kier molecular flexibility index (Phi) is 1.91. The Morgan fingerprint density at radius 2 is 2.20 bits per heavy atom. The van der Waals surface area contributed by atoms with Crippen molar-refractivity contribution in [3.63, 3.8) is 0 Å². The van der Waals surface area contributed by atoms with Crippen LogP contribution in [0.5, 0.6) is 5.75 Å². The van der Waals surface area contributed by atoms with E-state index in [1.54, 1.807) is 6.07 Å². The number of benzene rings is 1. The molecule has 1 aromatic carbocycles. The van der Waals surface area contributed by atoms with E-state index >= 15 is 0 Å². The van der Waals surface area contributed by atoms with E-state index in [0.29, 0.717) is 17.7 Å². The van der Waals surface area contributed by atoms with Crippen LogP contribution in [0.3, 0.4) is 0 Å². The molecule has 2 aliphatic rings. The molecule has 0 amide bonds. The molecular weight excluding hydrogens is 186 g/mol. The lowest BCUT2D eigenvalue weighted by Crippen LogP contribution is -2.32. The summed E-state index contributed by atoms with van der Waals surface area (Å²) in [5.74, 6) is 1.84. The largest absolute Gasteiger partial charge is 0.506 e. The summed E-state index contributed by atoms with van der Waals surface area (Å²) in [4.78, 5) is 0. The zero-order chi connectivity index (χ0) is 10.4. The van der Waals surface area contributed by atoms with Crippen molar-refractivity contribution in [1.29, 1.82) is 0 Å². The van der Waals surface area contributed by atoms with Crippen molar-refractivity contribution >= 4 is 5.69 Å². The van der Waals surface area contributed by atoms with Crippen molar-refractivity contribution in [2.24, 2.45) is 5.92 Å². The second kappa shape index (κ2) is 3.16. The van der Waals surface area contributed by atoms with Crippen LogP contribution in [0.15, 0.2) is 18.2 Å². The highest BCUT2D eigenvalue weighted by Gasteiger charge is 2.38. The van der Waals surface area contributed by atoms with Crippen molar-refractivity contribution < 1.29 is 5.11 Å². The Bertz CT molecular complexity index is 388. The molecule has 1 heterocycles. The summed E-state index contributed by atoms with van der Waals surface area (Å²) in [5, 5.41) is 13.3. The first-order valence-corrected chi connectivity index (χ1v) is 5.86. The van der Waals surface area contributed by atoms with Gasteiger partial charge in [0, 0.05) is 6.04 Å². The first-order valence-electron chi connectivity index (χ1n) is 5.86. The van der Waals surface area contributed by atoms with Gasteiger partial charge >= 0.3 is 0 Å². The van der Waals surface area contributed by atoms with Crippen LogP contribution in [-0.4, -0.2) is 11.1 Å². The van der Waals surface area contributed by atoms with Gasteiger partial charge in [0.1, 0.15) is 5.75 Å². The summed E-state index contributed by atoms with van der Waals surface area (Å²) in [5.41, 5.74) is 2.31. The Labute approximate surface area is 90.3 Å². The van der Waals surface area contributed by atoms with Gasteiger partial charge in [0.2, 0.25) is 0 Å². The first-order chi connectivity index (χ1) is 7.27. The number of hydrogen-bond donors (Lipinski definition) is 2. The molecule has 2 nitrogen and oxygen atoms in total. The van der Waals surface area contributed by atoms with E-state index < -0.39 is 0 Å². The molecule has 0 bridgehead atoms. The van der Waals surface area contributed by atoms with Crippen LogP contribution in [0.1, 0.15) is 37.7 Å². The highest BCUT2D eigenvalue weighted by Crippen LogP contribution is 2.49. The summed E-state index contributed by atoms with van der Waals surface area (Å²) in [6, 6.07) is 6.39. The molecule has 1 aliphatic heterocycles. The lowest BCUT2D eigenvalue weighted by Gasteiger charge is -2.35. The highest BCUT2D eigenvalue weighted by atomic mass is 16.3. The van der Waals surface area contributed by atoms with Crippen LogP contribution in [0.4, 0.5) is 5.69 Å². The summed E-state index contributed by atoms with van der Waals surface area (Å²) < 4.78 is 0. The molecule has 0 saturated heterocycles. The number of phenolic OH excluding ortho intramolecular Hbond substituents is 1. The van der Waals surface area contributed by atoms with Crippen LogP contribution in [0, 0.1) is 5.92 Å². The number of rotatable bonds is 0. The molecule has 0 radical (unpaired) electrons. The van der Waals surface area contributed by atoms with E-state index in [1.165, 1.54) is 24.8 Å². The fraction of sp³-hybridized carbons (Fsp3) is 0.538. The summed E-state index contributed by atoms with van der Waals surface area (Å²) in [6.45, 7) is 2.23. The number of fused-ring (bicyclic) bond motifs is 3. The monoisotopic (exact) mass is 203 g/mol. The minimum absolute atomic E-state index is 0.407. The van der Waals surface area contributed by atoms with Gasteiger partial charge < -0.3 is 10.4 Å². The molecule has 1 aromatic rings. The third-order valence-electron chi connectivity index (χ3n) is 4.06. The lowest BCUT2D eigenvalue weighted by molar-refractivity contribution is 0.408. The van der Waals surface area contributed by atoms with Crippen molar-refractivity contribution in [2.45, 2.75) is 38.1 Å². The zero-order valence-corrected chi connectivity index (χ0v) is 9.03. The summed E-state index contributed by atoms with van der Waals surface area (Å²) >= 11 is 0. The minimum atomic E-state index is 0.407. The third-order valence-corrected chi connectivity index (χ3v) is 4.06. The molecule has 1 saturated carbocycles. The Morgan fingerprint density at radius 3 is 3.07 bits per heavy atom. The normalized spacial score (nSPS) is 33.0. The van der Waals surface area contributed by atoms with Crippen LogP contribution >= 0.6 is 0 Å². The van der Waals surface area contributed by atoms with Crippen LogP contribution in [0.25, 0.3) is 0 Å². The van der Waals surface area contributed by atoms with Gasteiger partial charge in [-0.3, -0.25) is 0 Å². The maximum atomic E-state index is 9.83. The smallest absolute Gasteiger partial charge is 0.138 e. The Morgan fingerprint density at radius 1 is 1.33 bits per heavy atom. The fourth-order valence-corrected chi connectivity index (χ4v) is 3.33. The van der Waals surface area contributed by atoms with Crippen LogP contribution in [-0.2, 0) is 0 Å². The van der Waals surface area contributed by atoms with E-state index in [2.05, 4.69) is 18.3 Å². The minimum Gasteiger partial charge on any atom is -0.506 e. The standard InChI is InChI=1S/C13H17NO/c1-8-9-4-2-5-10(9)11-6-3-7-12(15)13(11)14-8/h3,6-10,14-15H,2,4-5H2,1H3/t8-,9-,10-/m0/s1. The number of para-hydroxylation sites is 1. The SMILES string of the molecule is C[C@@H]1Nc2c(O)cccc2[C@H]2CCC[C@@H]12. The maximum absolute atomic E-state index is 9.83. The lowest BCUT2D eigenvalue weighted by atomic mass is 9.80. The molecule has 0 spiro atoms. The Balaban J connectivity index is 2.11. The number of hydrogen-bond acceptors (Lipinski definition) is 2. The molecule has 2 N–H and O–H groups in total. The van der Waals surface area contributed by atoms with Crippen molar-refractivity contribution in [2.75, 3.05) is 5.32 Å². The summed E-state index contributed by atoms with van der Waals surface area (Å²) in [6.07, 6.45) is 3.94. The molecule has 3 atom stereocenters. The van der Waals surface area contributed by atoms with Gasteiger partial charge in [0.25, 0.3) is 0 Å². The van der Waals surface area contributed by atoms with Gasteiger partial charge in [0.05, 0.1) is 5.69 Å². The summed E-state index contributed by atoms with van der Waals surface area (Å²) in [7, 11) is 0. The number of nitrogens with one attached hydrogen (secondary N) is 1. The second-order valence-corrected chi connectivity index (χ2v) is 4.88. The van der Waals surface area contributed by atoms with Gasteiger partial charge in [-0.05, 0) is 43.2 Å². The van der Waals surface area contributed by atoms with E-state index in [4.69, 9.17) is 0 Å². The third kappa shape index (κ3) is 1.24. The van der Waals surface area contributed by atoms with E-state index in [9.17, 15) is 5.11 Å². The number of aromatic hydroxyl groups is 1. The average Bonchev–Trinajstić information content (AvgIpc) is 2.69. The molecule has 0 unspecified atom stereocenters. The topological polar surface area (TPSA) is 32.3 Å². The number of phenols is 1. The quantitative estimate of drug-likeness (QED) is 0.635. The van der Waals surface area contributed by atoms with Crippen molar-refractivity contribution in [1.82, 2.24) is 0 Å². The Hall–Kier alpha value is -1.18. The van der Waals surface area contributed by atoms with Crippen molar-refractivity contribution in [3.05, 3.63) is 23.8 Å². The van der Waals surface area contributed by atoms with Gasteiger partial charge in [-0.2, -0.15) is 0 Å². The molecule has 1 aliphatic carbocycles. The molecule has 3 rings (SSSR count). The molecule has 1 fully saturated rings. The predicted molar refractivity (Wildman–Crippen MR) is 61.3 cm³/mol. The average molecular weight is 203 g/mol. The molecule has 80 valence electrons. The molecular formula is C13H17NO. The van der Waals surface area contributed by atoms with Gasteiger partial charge in [0.15, 0.2) is 0 Å². The van der Waals surface area contributed by atoms with Crippen molar-refractivity contribution in [3.8, 4) is 5.75 Å². The van der Waals surface area contributed by atoms with E-state index in [0.717, 1.165) is 11.6 Å². The fourth-order valence-electron chi connectivity index (χ4n) is 3.33. The van der Waals surface area contributed by atoms with Gasteiger partial charge in [-0.25, -0.2) is 0 Å². The number of anilines is 1. The van der Waals surface area contributed by atoms with Crippen LogP contribution in [0.2, 0.25) is 0 Å². The predicted octanol–water partition coefficient (Wildman–Crippen LogP) is 3.09. The van der Waals surface area contributed by atoms with Gasteiger partial charge in [-0.15, -0.1) is 0 Å².